The molecule has 2 amide bonds. The predicted octanol–water partition coefficient (Wildman–Crippen LogP) is 9.15. The fourth-order valence-electron chi connectivity index (χ4n) is 9.58. The highest BCUT2D eigenvalue weighted by Gasteiger charge is 2.52. The van der Waals surface area contributed by atoms with Gasteiger partial charge in [0, 0.05) is 27.8 Å². The Kier molecular flexibility index (Phi) is 9.20. The first-order chi connectivity index (χ1) is 27.0. The zero-order valence-electron chi connectivity index (χ0n) is 33.0. The minimum atomic E-state index is -0.856. The zero-order valence-corrected chi connectivity index (χ0v) is 34.5. The summed E-state index contributed by atoms with van der Waals surface area (Å²) in [7, 11) is 0. The maximum absolute atomic E-state index is 17.6. The van der Waals surface area contributed by atoms with Crippen LogP contribution < -0.4 is 19.7 Å². The fourth-order valence-corrected chi connectivity index (χ4v) is 10.9. The van der Waals surface area contributed by atoms with Gasteiger partial charge in [-0.15, -0.1) is 11.3 Å². The van der Waals surface area contributed by atoms with Gasteiger partial charge in [0.2, 0.25) is 0 Å². The number of amides is 2. The van der Waals surface area contributed by atoms with Crippen molar-refractivity contribution in [3.8, 4) is 22.9 Å². The van der Waals surface area contributed by atoms with Crippen LogP contribution in [0.4, 0.5) is 29.2 Å². The number of nitrogens with one attached hydrogen (secondary N) is 1. The van der Waals surface area contributed by atoms with Gasteiger partial charge >= 0.3 is 18.2 Å². The Morgan fingerprint density at radius 3 is 2.47 bits per heavy atom. The maximum atomic E-state index is 17.6. The van der Waals surface area contributed by atoms with E-state index >= 15 is 8.78 Å². The van der Waals surface area contributed by atoms with Gasteiger partial charge in [-0.1, -0.05) is 11.6 Å². The van der Waals surface area contributed by atoms with Crippen LogP contribution in [0.5, 0.6) is 11.8 Å². The van der Waals surface area contributed by atoms with E-state index in [0.717, 1.165) is 45.2 Å². The Morgan fingerprint density at radius 1 is 1.02 bits per heavy atom. The number of ether oxygens (including phenoxy) is 4. The van der Waals surface area contributed by atoms with E-state index in [2.05, 4.69) is 15.1 Å². The van der Waals surface area contributed by atoms with E-state index in [1.165, 1.54) is 17.4 Å². The molecule has 7 heterocycles. The molecule has 0 saturated carbocycles. The minimum absolute atomic E-state index is 0.00405. The second-order valence-electron chi connectivity index (χ2n) is 17.9. The van der Waals surface area contributed by atoms with Crippen molar-refractivity contribution < 1.29 is 37.3 Å². The van der Waals surface area contributed by atoms with Gasteiger partial charge in [0.25, 0.3) is 0 Å². The van der Waals surface area contributed by atoms with Crippen LogP contribution in [-0.4, -0.2) is 99.7 Å². The highest BCUT2D eigenvalue weighted by Crippen LogP contribution is 2.52. The van der Waals surface area contributed by atoms with Crippen LogP contribution in [0.2, 0.25) is 5.02 Å². The smallest absolute Gasteiger partial charge is 0.412 e. The number of anilines is 2. The lowest BCUT2D eigenvalue weighted by molar-refractivity contribution is 0.00543. The highest BCUT2D eigenvalue weighted by molar-refractivity contribution is 7.23. The molecule has 0 spiro atoms. The van der Waals surface area contributed by atoms with Crippen LogP contribution in [0, 0.1) is 11.6 Å². The van der Waals surface area contributed by atoms with E-state index in [9.17, 15) is 9.59 Å². The van der Waals surface area contributed by atoms with E-state index in [4.69, 9.17) is 40.5 Å². The minimum Gasteiger partial charge on any atom is -0.489 e. The number of nitrogens with zero attached hydrogens (tertiary/aromatic N) is 5. The van der Waals surface area contributed by atoms with E-state index in [1.54, 1.807) is 32.9 Å². The van der Waals surface area contributed by atoms with Crippen molar-refractivity contribution in [2.75, 3.05) is 43.1 Å². The fraction of sp³-hybridized carbons (Fsp3) is 0.561. The topological polar surface area (TPSA) is 119 Å². The van der Waals surface area contributed by atoms with Gasteiger partial charge in [-0.3, -0.25) is 15.1 Å². The van der Waals surface area contributed by atoms with Crippen molar-refractivity contribution in [2.45, 2.75) is 115 Å². The van der Waals surface area contributed by atoms with Crippen molar-refractivity contribution in [3.05, 3.63) is 34.9 Å². The Hall–Kier alpha value is -4.21. The van der Waals surface area contributed by atoms with Gasteiger partial charge in [-0.2, -0.15) is 9.97 Å². The number of rotatable bonds is 5. The summed E-state index contributed by atoms with van der Waals surface area (Å²) in [5.41, 5.74) is -2.00. The summed E-state index contributed by atoms with van der Waals surface area (Å²) < 4.78 is 58.8. The lowest BCUT2D eigenvalue weighted by Crippen LogP contribution is -2.63. The first-order valence-corrected chi connectivity index (χ1v) is 20.9. The summed E-state index contributed by atoms with van der Waals surface area (Å²) in [6.45, 7) is 13.6. The van der Waals surface area contributed by atoms with Crippen molar-refractivity contribution in [2.24, 2.45) is 0 Å². The molecule has 304 valence electrons. The zero-order chi connectivity index (χ0) is 40.2. The SMILES string of the molecule is CC(C)(C)OC(=O)Nc1cc2c(-c3c(Cl)c4c5c(nc(OCC67CCCN6CCC7)nc5c3F)N3C[C@H]5CC[C@@H]([C@H]3CO4)N5C(=O)OC(C)(C)C)c(F)ccc2s1. The molecule has 16 heteroatoms. The van der Waals surface area contributed by atoms with Gasteiger partial charge in [0.05, 0.1) is 39.1 Å². The molecule has 0 radical (unpaired) electrons. The molecule has 0 unspecified atom stereocenters. The van der Waals surface area contributed by atoms with E-state index in [1.807, 2.05) is 25.7 Å². The van der Waals surface area contributed by atoms with E-state index < -0.39 is 41.1 Å². The third kappa shape index (κ3) is 6.67. The molecule has 4 aromatic rings. The maximum Gasteiger partial charge on any atom is 0.412 e. The molecule has 2 aromatic heterocycles. The second kappa shape index (κ2) is 13.7. The monoisotopic (exact) mass is 824 g/mol. The van der Waals surface area contributed by atoms with Crippen LogP contribution in [-0.2, 0) is 9.47 Å². The number of piperazine rings is 1. The molecule has 57 heavy (non-hydrogen) atoms. The van der Waals surface area contributed by atoms with Crippen LogP contribution in [0.1, 0.15) is 80.1 Å². The lowest BCUT2D eigenvalue weighted by atomic mass is 9.95. The number of thiophene rings is 1. The summed E-state index contributed by atoms with van der Waals surface area (Å²) in [4.78, 5) is 42.4. The molecule has 3 atom stereocenters. The van der Waals surface area contributed by atoms with Crippen molar-refractivity contribution in [1.82, 2.24) is 19.8 Å². The molecule has 5 aliphatic rings. The number of hydrogen-bond donors (Lipinski definition) is 1. The summed E-state index contributed by atoms with van der Waals surface area (Å²) in [5, 5.41) is 3.55. The van der Waals surface area contributed by atoms with E-state index in [-0.39, 0.29) is 63.0 Å². The largest absolute Gasteiger partial charge is 0.489 e. The van der Waals surface area contributed by atoms with Gasteiger partial charge in [0.15, 0.2) is 11.6 Å². The number of carbonyl (C=O) groups excluding carboxylic acids is 2. The standard InChI is InChI=1S/C41H47ClF2N6O6S/c1-39(2,3)55-37(51)45-27-17-22-26(57-27)12-10-23(43)28(22)29-31(42)34-30-33(32(29)44)46-36(54-20-41-13-7-15-48(41)16-8-14-41)47-35(30)49-18-21-9-11-24(25(49)19-53-34)50(21)38(52)56-40(4,5)6/h10,12,17,21,24-25H,7-9,11,13-16,18-20H2,1-6H3,(H,45,51)/t21-,24+,25-/m1/s1. The molecule has 12 nitrogen and oxygen atoms in total. The Balaban J connectivity index is 1.18. The van der Waals surface area contributed by atoms with Crippen LogP contribution in [0.15, 0.2) is 18.2 Å². The van der Waals surface area contributed by atoms with Gasteiger partial charge < -0.3 is 23.8 Å². The molecular formula is C41H47ClF2N6O6S. The third-order valence-corrected chi connectivity index (χ3v) is 13.2. The number of hydrogen-bond acceptors (Lipinski definition) is 11. The lowest BCUT2D eigenvalue weighted by Gasteiger charge is -2.46. The number of fused-ring (bicyclic) bond motifs is 7. The average molecular weight is 825 g/mol. The van der Waals surface area contributed by atoms with Gasteiger partial charge in [0.1, 0.15) is 41.6 Å². The van der Waals surface area contributed by atoms with E-state index in [0.29, 0.717) is 40.5 Å². The van der Waals surface area contributed by atoms with Gasteiger partial charge in [-0.05, 0) is 111 Å². The Labute approximate surface area is 338 Å². The Bertz CT molecular complexity index is 2300. The molecule has 1 N–H and O–H groups in total. The number of halogens is 3. The normalized spacial score (nSPS) is 22.6. The molecular weight excluding hydrogens is 778 g/mol. The summed E-state index contributed by atoms with van der Waals surface area (Å²) >= 11 is 8.40. The van der Waals surface area contributed by atoms with Crippen LogP contribution in [0.3, 0.4) is 0 Å². The number of benzene rings is 2. The second-order valence-corrected chi connectivity index (χ2v) is 19.3. The predicted molar refractivity (Wildman–Crippen MR) is 215 cm³/mol. The van der Waals surface area contributed by atoms with Crippen molar-refractivity contribution in [3.63, 3.8) is 0 Å². The molecule has 5 aliphatic heterocycles. The Morgan fingerprint density at radius 2 is 1.75 bits per heavy atom. The van der Waals surface area contributed by atoms with Crippen molar-refractivity contribution >= 4 is 66.9 Å². The van der Waals surface area contributed by atoms with Gasteiger partial charge in [-0.25, -0.2) is 18.4 Å². The molecule has 9 rings (SSSR count). The highest BCUT2D eigenvalue weighted by atomic mass is 35.5. The molecule has 2 bridgehead atoms. The summed E-state index contributed by atoms with van der Waals surface area (Å²) in [5.74, 6) is -1.06. The molecule has 4 saturated heterocycles. The summed E-state index contributed by atoms with van der Waals surface area (Å²) in [6.07, 6.45) is 4.53. The first kappa shape index (κ1) is 38.3. The number of carbonyl (C=O) groups is 2. The third-order valence-electron chi connectivity index (χ3n) is 11.8. The average Bonchev–Trinajstić information content (AvgIpc) is 3.87. The van der Waals surface area contributed by atoms with Crippen LogP contribution in [0.25, 0.3) is 32.1 Å². The van der Waals surface area contributed by atoms with Crippen molar-refractivity contribution in [1.29, 1.82) is 0 Å². The molecule has 0 aliphatic carbocycles. The molecule has 2 aromatic carbocycles. The summed E-state index contributed by atoms with van der Waals surface area (Å²) in [6, 6.07) is 3.54. The number of aromatic nitrogens is 2. The first-order valence-electron chi connectivity index (χ1n) is 19.7. The quantitative estimate of drug-likeness (QED) is 0.209. The van der Waals surface area contributed by atoms with Crippen LogP contribution >= 0.6 is 22.9 Å². The molecule has 4 fully saturated rings.